The first-order valence-electron chi connectivity index (χ1n) is 8.62. The van der Waals surface area contributed by atoms with Crippen LogP contribution in [0.2, 0.25) is 0 Å². The summed E-state index contributed by atoms with van der Waals surface area (Å²) in [5.74, 6) is 7.06. The Morgan fingerprint density at radius 2 is 2.24 bits per heavy atom. The van der Waals surface area contributed by atoms with Gasteiger partial charge in [-0.15, -0.1) is 0 Å². The number of hydrogen-bond acceptors (Lipinski definition) is 3. The summed E-state index contributed by atoms with van der Waals surface area (Å²) in [4.78, 5) is 21.6. The summed E-state index contributed by atoms with van der Waals surface area (Å²) in [6, 6.07) is 5.60. The van der Waals surface area contributed by atoms with Crippen molar-refractivity contribution in [2.24, 2.45) is 10.4 Å². The van der Waals surface area contributed by atoms with E-state index < -0.39 is 0 Å². The SMILES string of the molecule is CC/C=C\C(C#Cc1ccc2c(=O)n3c(nc2c1)CC(C)(C)C3)=NC. The minimum Gasteiger partial charge on any atom is -0.296 e. The van der Waals surface area contributed by atoms with Crippen LogP contribution in [0.3, 0.4) is 0 Å². The van der Waals surface area contributed by atoms with E-state index in [0.29, 0.717) is 5.39 Å². The van der Waals surface area contributed by atoms with E-state index >= 15 is 0 Å². The van der Waals surface area contributed by atoms with Crippen molar-refractivity contribution in [2.75, 3.05) is 7.05 Å². The lowest BCUT2D eigenvalue weighted by molar-refractivity contribution is 0.357. The molecule has 3 rings (SSSR count). The van der Waals surface area contributed by atoms with Crippen LogP contribution < -0.4 is 5.56 Å². The van der Waals surface area contributed by atoms with E-state index in [2.05, 4.69) is 37.6 Å². The Bertz CT molecular complexity index is 997. The summed E-state index contributed by atoms with van der Waals surface area (Å²) in [7, 11) is 1.73. The van der Waals surface area contributed by atoms with E-state index in [1.807, 2.05) is 34.9 Å². The Balaban J connectivity index is 2.01. The molecule has 0 saturated carbocycles. The van der Waals surface area contributed by atoms with Gasteiger partial charge in [-0.05, 0) is 42.0 Å². The maximum absolute atomic E-state index is 12.7. The number of aliphatic imine (C=N–C) groups is 1. The van der Waals surface area contributed by atoms with Gasteiger partial charge in [0.2, 0.25) is 0 Å². The number of fused-ring (bicyclic) bond motifs is 2. The monoisotopic (exact) mass is 333 g/mol. The maximum Gasteiger partial charge on any atom is 0.261 e. The Morgan fingerprint density at radius 1 is 1.44 bits per heavy atom. The quantitative estimate of drug-likeness (QED) is 0.625. The second-order valence-corrected chi connectivity index (χ2v) is 7.16. The van der Waals surface area contributed by atoms with Crippen LogP contribution in [0.5, 0.6) is 0 Å². The molecule has 0 spiro atoms. The Kier molecular flexibility index (Phi) is 4.59. The third kappa shape index (κ3) is 3.56. The van der Waals surface area contributed by atoms with Crippen molar-refractivity contribution in [3.8, 4) is 11.8 Å². The molecular weight excluding hydrogens is 310 g/mol. The summed E-state index contributed by atoms with van der Waals surface area (Å²) in [6.07, 6.45) is 5.73. The molecule has 0 amide bonds. The number of rotatable bonds is 2. The molecule has 2 aromatic rings. The molecule has 0 fully saturated rings. The van der Waals surface area contributed by atoms with Gasteiger partial charge < -0.3 is 0 Å². The third-order valence-corrected chi connectivity index (χ3v) is 4.34. The van der Waals surface area contributed by atoms with Crippen LogP contribution in [-0.2, 0) is 13.0 Å². The van der Waals surface area contributed by atoms with Gasteiger partial charge >= 0.3 is 0 Å². The molecule has 1 aliphatic heterocycles. The summed E-state index contributed by atoms with van der Waals surface area (Å²) >= 11 is 0. The van der Waals surface area contributed by atoms with Crippen molar-refractivity contribution < 1.29 is 0 Å². The minimum atomic E-state index is 0.0479. The third-order valence-electron chi connectivity index (χ3n) is 4.34. The van der Waals surface area contributed by atoms with E-state index in [9.17, 15) is 4.79 Å². The topological polar surface area (TPSA) is 47.2 Å². The van der Waals surface area contributed by atoms with Crippen LogP contribution in [0.1, 0.15) is 38.6 Å². The predicted molar refractivity (Wildman–Crippen MR) is 103 cm³/mol. The molecule has 1 aliphatic rings. The van der Waals surface area contributed by atoms with Crippen molar-refractivity contribution in [2.45, 2.75) is 40.2 Å². The lowest BCUT2D eigenvalue weighted by Gasteiger charge is -2.13. The fourth-order valence-electron chi connectivity index (χ4n) is 3.09. The number of benzene rings is 1. The normalized spacial score (nSPS) is 16.1. The van der Waals surface area contributed by atoms with Gasteiger partial charge in [-0.25, -0.2) is 4.98 Å². The minimum absolute atomic E-state index is 0.0479. The molecule has 0 unspecified atom stereocenters. The first kappa shape index (κ1) is 17.2. The number of nitrogens with zero attached hydrogens (tertiary/aromatic N) is 3. The van der Waals surface area contributed by atoms with E-state index in [1.165, 1.54) is 0 Å². The summed E-state index contributed by atoms with van der Waals surface area (Å²) in [5, 5.41) is 0.655. The van der Waals surface area contributed by atoms with Gasteiger partial charge in [-0.2, -0.15) is 0 Å². The first-order chi connectivity index (χ1) is 11.9. The van der Waals surface area contributed by atoms with E-state index in [-0.39, 0.29) is 11.0 Å². The Labute approximate surface area is 148 Å². The van der Waals surface area contributed by atoms with Crippen molar-refractivity contribution in [3.63, 3.8) is 0 Å². The predicted octanol–water partition coefficient (Wildman–Crippen LogP) is 3.37. The highest BCUT2D eigenvalue weighted by Gasteiger charge is 2.30. The van der Waals surface area contributed by atoms with Crippen molar-refractivity contribution in [3.05, 3.63) is 52.1 Å². The lowest BCUT2D eigenvalue weighted by atomic mass is 9.92. The van der Waals surface area contributed by atoms with Gasteiger partial charge in [0.25, 0.3) is 5.56 Å². The number of allylic oxidation sites excluding steroid dienone is 2. The van der Waals surface area contributed by atoms with Gasteiger partial charge in [-0.3, -0.25) is 14.4 Å². The van der Waals surface area contributed by atoms with Gasteiger partial charge in [0.15, 0.2) is 0 Å². The highest BCUT2D eigenvalue weighted by molar-refractivity contribution is 6.09. The maximum atomic E-state index is 12.7. The van der Waals surface area contributed by atoms with Crippen LogP contribution in [0.15, 0.2) is 40.1 Å². The van der Waals surface area contributed by atoms with Crippen molar-refractivity contribution in [1.29, 1.82) is 0 Å². The Hall–Kier alpha value is -2.67. The number of hydrogen-bond donors (Lipinski definition) is 0. The standard InChI is InChI=1S/C21H23N3O/c1-5-6-7-16(22-4)10-8-15-9-11-17-18(12-15)23-19-13-21(2,3)14-24(19)20(17)25/h6-7,9,11-12H,5,13-14H2,1-4H3/b7-6-,22-16?. The average molecular weight is 333 g/mol. The second-order valence-electron chi connectivity index (χ2n) is 7.16. The smallest absolute Gasteiger partial charge is 0.261 e. The van der Waals surface area contributed by atoms with Crippen LogP contribution >= 0.6 is 0 Å². The summed E-state index contributed by atoms with van der Waals surface area (Å²) in [6.45, 7) is 7.13. The zero-order valence-electron chi connectivity index (χ0n) is 15.3. The lowest BCUT2D eigenvalue weighted by Crippen LogP contribution is -2.23. The van der Waals surface area contributed by atoms with Crippen LogP contribution in [0.4, 0.5) is 0 Å². The molecule has 1 aromatic carbocycles. The van der Waals surface area contributed by atoms with Crippen LogP contribution in [0.25, 0.3) is 10.9 Å². The zero-order valence-corrected chi connectivity index (χ0v) is 15.3. The molecule has 0 radical (unpaired) electrons. The summed E-state index contributed by atoms with van der Waals surface area (Å²) in [5.41, 5.74) is 2.43. The molecule has 0 bridgehead atoms. The fraction of sp³-hybridized carbons (Fsp3) is 0.381. The molecular formula is C21H23N3O. The molecule has 25 heavy (non-hydrogen) atoms. The molecule has 4 nitrogen and oxygen atoms in total. The van der Waals surface area contributed by atoms with Gasteiger partial charge in [0.1, 0.15) is 11.5 Å². The average Bonchev–Trinajstić information content (AvgIpc) is 2.89. The van der Waals surface area contributed by atoms with E-state index in [0.717, 1.165) is 42.0 Å². The zero-order chi connectivity index (χ0) is 18.0. The first-order valence-corrected chi connectivity index (χ1v) is 8.62. The van der Waals surface area contributed by atoms with E-state index in [4.69, 9.17) is 4.98 Å². The van der Waals surface area contributed by atoms with E-state index in [1.54, 1.807) is 7.05 Å². The molecule has 2 heterocycles. The molecule has 0 saturated heterocycles. The number of aromatic nitrogens is 2. The van der Waals surface area contributed by atoms with Crippen LogP contribution in [-0.4, -0.2) is 22.3 Å². The highest BCUT2D eigenvalue weighted by atomic mass is 16.1. The molecule has 0 N–H and O–H groups in total. The molecule has 1 aromatic heterocycles. The van der Waals surface area contributed by atoms with Crippen LogP contribution in [0, 0.1) is 17.3 Å². The van der Waals surface area contributed by atoms with Crippen molar-refractivity contribution in [1.82, 2.24) is 9.55 Å². The molecule has 0 aliphatic carbocycles. The molecule has 4 heteroatoms. The fourth-order valence-corrected chi connectivity index (χ4v) is 3.09. The van der Waals surface area contributed by atoms with Gasteiger partial charge in [0, 0.05) is 25.6 Å². The summed E-state index contributed by atoms with van der Waals surface area (Å²) < 4.78 is 1.81. The largest absolute Gasteiger partial charge is 0.296 e. The van der Waals surface area contributed by atoms with Gasteiger partial charge in [0.05, 0.1) is 10.9 Å². The molecule has 0 atom stereocenters. The Morgan fingerprint density at radius 3 is 2.96 bits per heavy atom. The van der Waals surface area contributed by atoms with Gasteiger partial charge in [-0.1, -0.05) is 32.8 Å². The highest BCUT2D eigenvalue weighted by Crippen LogP contribution is 2.29. The molecule has 128 valence electrons. The second kappa shape index (κ2) is 6.68. The van der Waals surface area contributed by atoms with Crippen molar-refractivity contribution >= 4 is 16.6 Å².